The highest BCUT2D eigenvalue weighted by molar-refractivity contribution is 7.47. The minimum absolute atomic E-state index is 0.107. The molecule has 0 radical (unpaired) electrons. The average molecular weight is 1510 g/mol. The topological polar surface area (TPSA) is 237 Å². The van der Waals surface area contributed by atoms with Gasteiger partial charge in [-0.25, -0.2) is 9.13 Å². The molecule has 0 aromatic heterocycles. The molecule has 0 aromatic rings. The zero-order valence-electron chi connectivity index (χ0n) is 67.6. The van der Waals surface area contributed by atoms with Crippen LogP contribution in [-0.2, 0) is 65.4 Å². The van der Waals surface area contributed by atoms with Gasteiger partial charge in [-0.3, -0.25) is 37.3 Å². The van der Waals surface area contributed by atoms with Crippen LogP contribution in [0.2, 0.25) is 0 Å². The van der Waals surface area contributed by atoms with Gasteiger partial charge in [-0.15, -0.1) is 0 Å². The maximum atomic E-state index is 13.1. The summed E-state index contributed by atoms with van der Waals surface area (Å²) in [7, 11) is -9.92. The molecule has 612 valence electrons. The summed E-state index contributed by atoms with van der Waals surface area (Å²) < 4.78 is 68.8. The SMILES string of the molecule is CCCCCCCCCCCCCCCCCCCCCC(=O)O[C@H](COC(=O)CCCCCCCCCCCCCCCCCCCC)COP(=O)(O)OC[C@@H](O)COP(=O)(O)OC[C@@H](COC(=O)CCCCCCCCC(C)C)OC(=O)CCCCCCCCCCCCCCCCC(C)C. The van der Waals surface area contributed by atoms with E-state index in [9.17, 15) is 43.2 Å². The second kappa shape index (κ2) is 75.5. The third-order valence-electron chi connectivity index (χ3n) is 19.7. The van der Waals surface area contributed by atoms with Gasteiger partial charge in [-0.1, -0.05) is 395 Å². The number of carbonyl (C=O) groups excluding carboxylic acids is 4. The molecule has 0 fully saturated rings. The lowest BCUT2D eigenvalue weighted by atomic mass is 10.0. The van der Waals surface area contributed by atoms with Gasteiger partial charge in [-0.2, -0.15) is 0 Å². The molecule has 3 N–H and O–H groups in total. The molecule has 0 bridgehead atoms. The minimum Gasteiger partial charge on any atom is -0.462 e. The van der Waals surface area contributed by atoms with Crippen LogP contribution in [0.5, 0.6) is 0 Å². The van der Waals surface area contributed by atoms with Crippen molar-refractivity contribution in [3.63, 3.8) is 0 Å². The van der Waals surface area contributed by atoms with Crippen molar-refractivity contribution in [2.24, 2.45) is 11.8 Å². The Morgan fingerprint density at radius 1 is 0.262 bits per heavy atom. The number of rotatable bonds is 83. The molecule has 0 aliphatic carbocycles. The van der Waals surface area contributed by atoms with Crippen LogP contribution in [0.15, 0.2) is 0 Å². The third-order valence-corrected chi connectivity index (χ3v) is 21.6. The van der Waals surface area contributed by atoms with Crippen molar-refractivity contribution < 1.29 is 80.2 Å². The standard InChI is InChI=1S/C84H164O17P2/c1-7-9-11-13-15-17-19-21-23-25-27-29-31-36-40-44-48-56-62-68-83(88)100-79(72-94-81(86)66-60-54-47-43-39-35-30-28-26-24-22-20-18-16-14-12-10-8-2)74-98-102(90,91)96-70-78(85)71-97-103(92,93)99-75-80(73-95-82(87)67-61-55-51-50-53-59-65-77(5)6)101-84(89)69-63-57-49-45-41-37-33-32-34-38-42-46-52-58-64-76(3)4/h76-80,85H,7-75H2,1-6H3,(H,90,91)(H,92,93)/t78-,79-,80-/m1/s1. The van der Waals surface area contributed by atoms with E-state index in [1.165, 1.54) is 257 Å². The van der Waals surface area contributed by atoms with Crippen LogP contribution in [0.4, 0.5) is 0 Å². The second-order valence-corrected chi connectivity index (χ2v) is 34.1. The number of phosphoric acid groups is 2. The molecule has 0 spiro atoms. The van der Waals surface area contributed by atoms with Crippen LogP contribution in [-0.4, -0.2) is 96.7 Å². The number of unbranched alkanes of at least 4 members (excludes halogenated alkanes) is 53. The second-order valence-electron chi connectivity index (χ2n) is 31.2. The van der Waals surface area contributed by atoms with Crippen molar-refractivity contribution in [3.8, 4) is 0 Å². The van der Waals surface area contributed by atoms with Crippen LogP contribution in [0.3, 0.4) is 0 Å². The first-order valence-electron chi connectivity index (χ1n) is 43.5. The first-order chi connectivity index (χ1) is 49.9. The van der Waals surface area contributed by atoms with Crippen molar-refractivity contribution >= 4 is 39.5 Å². The van der Waals surface area contributed by atoms with Gasteiger partial charge in [0.1, 0.15) is 19.3 Å². The summed E-state index contributed by atoms with van der Waals surface area (Å²) in [5.41, 5.74) is 0. The molecule has 0 rings (SSSR count). The quantitative estimate of drug-likeness (QED) is 0.0222. The molecule has 0 amide bonds. The minimum atomic E-state index is -4.96. The molecular weight excluding hydrogens is 1340 g/mol. The van der Waals surface area contributed by atoms with Crippen LogP contribution in [0, 0.1) is 11.8 Å². The summed E-state index contributed by atoms with van der Waals surface area (Å²) in [5, 5.41) is 10.7. The van der Waals surface area contributed by atoms with E-state index < -0.39 is 97.5 Å². The first-order valence-corrected chi connectivity index (χ1v) is 46.5. The fourth-order valence-electron chi connectivity index (χ4n) is 13.1. The van der Waals surface area contributed by atoms with E-state index in [1.54, 1.807) is 0 Å². The van der Waals surface area contributed by atoms with Gasteiger partial charge in [0.15, 0.2) is 12.2 Å². The summed E-state index contributed by atoms with van der Waals surface area (Å²) in [6.07, 6.45) is 66.8. The average Bonchev–Trinajstić information content (AvgIpc) is 0.909. The molecule has 2 unspecified atom stereocenters. The molecule has 0 saturated heterocycles. The van der Waals surface area contributed by atoms with Gasteiger partial charge in [0.05, 0.1) is 26.4 Å². The Morgan fingerprint density at radius 2 is 0.447 bits per heavy atom. The number of esters is 4. The zero-order valence-corrected chi connectivity index (χ0v) is 69.4. The smallest absolute Gasteiger partial charge is 0.462 e. The summed E-state index contributed by atoms with van der Waals surface area (Å²) >= 11 is 0. The molecular formula is C84H164O17P2. The Balaban J connectivity index is 5.22. The van der Waals surface area contributed by atoms with Gasteiger partial charge in [0.25, 0.3) is 0 Å². The molecule has 19 heteroatoms. The van der Waals surface area contributed by atoms with Crippen molar-refractivity contribution in [2.45, 2.75) is 464 Å². The van der Waals surface area contributed by atoms with Crippen LogP contribution in [0.25, 0.3) is 0 Å². The van der Waals surface area contributed by atoms with E-state index in [0.29, 0.717) is 31.6 Å². The van der Waals surface area contributed by atoms with E-state index in [0.717, 1.165) is 102 Å². The zero-order chi connectivity index (χ0) is 75.6. The summed E-state index contributed by atoms with van der Waals surface area (Å²) in [5.74, 6) is -0.632. The maximum Gasteiger partial charge on any atom is 0.472 e. The number of aliphatic hydroxyl groups is 1. The van der Waals surface area contributed by atoms with Crippen molar-refractivity contribution in [3.05, 3.63) is 0 Å². The number of hydrogen-bond donors (Lipinski definition) is 3. The number of phosphoric ester groups is 2. The monoisotopic (exact) mass is 1510 g/mol. The highest BCUT2D eigenvalue weighted by Gasteiger charge is 2.30. The number of carbonyl (C=O) groups is 4. The summed E-state index contributed by atoms with van der Waals surface area (Å²) in [4.78, 5) is 73.1. The van der Waals surface area contributed by atoms with Gasteiger partial charge in [-0.05, 0) is 37.5 Å². The van der Waals surface area contributed by atoms with Crippen molar-refractivity contribution in [2.75, 3.05) is 39.6 Å². The molecule has 0 aromatic carbocycles. The molecule has 17 nitrogen and oxygen atoms in total. The highest BCUT2D eigenvalue weighted by atomic mass is 31.2. The van der Waals surface area contributed by atoms with E-state index >= 15 is 0 Å². The molecule has 0 aliphatic heterocycles. The lowest BCUT2D eigenvalue weighted by Gasteiger charge is -2.21. The molecule has 0 saturated carbocycles. The van der Waals surface area contributed by atoms with Crippen LogP contribution in [0.1, 0.15) is 446 Å². The van der Waals surface area contributed by atoms with Gasteiger partial charge < -0.3 is 33.8 Å². The summed E-state index contributed by atoms with van der Waals surface area (Å²) in [6.45, 7) is 9.60. The Bertz CT molecular complexity index is 1980. The van der Waals surface area contributed by atoms with Crippen LogP contribution >= 0.6 is 15.6 Å². The van der Waals surface area contributed by atoms with Gasteiger partial charge >= 0.3 is 39.5 Å². The lowest BCUT2D eigenvalue weighted by molar-refractivity contribution is -0.161. The van der Waals surface area contributed by atoms with E-state index in [2.05, 4.69) is 41.5 Å². The fraction of sp³-hybridized carbons (Fsp3) is 0.952. The van der Waals surface area contributed by atoms with Gasteiger partial charge in [0.2, 0.25) is 0 Å². The number of aliphatic hydroxyl groups excluding tert-OH is 1. The van der Waals surface area contributed by atoms with Gasteiger partial charge in [0, 0.05) is 25.7 Å². The largest absolute Gasteiger partial charge is 0.472 e. The Labute approximate surface area is 632 Å². The van der Waals surface area contributed by atoms with Crippen molar-refractivity contribution in [1.29, 1.82) is 0 Å². The maximum absolute atomic E-state index is 13.1. The fourth-order valence-corrected chi connectivity index (χ4v) is 14.6. The molecule has 0 aliphatic rings. The van der Waals surface area contributed by atoms with E-state index in [1.807, 2.05) is 0 Å². The predicted octanol–water partition coefficient (Wildman–Crippen LogP) is 25.5. The Hall–Kier alpha value is -1.94. The Kier molecular flexibility index (Phi) is 74.1. The Morgan fingerprint density at radius 3 is 0.660 bits per heavy atom. The number of hydrogen-bond acceptors (Lipinski definition) is 15. The lowest BCUT2D eigenvalue weighted by Crippen LogP contribution is -2.30. The predicted molar refractivity (Wildman–Crippen MR) is 423 cm³/mol. The van der Waals surface area contributed by atoms with Crippen molar-refractivity contribution in [1.82, 2.24) is 0 Å². The summed E-state index contributed by atoms with van der Waals surface area (Å²) in [6, 6.07) is 0. The highest BCUT2D eigenvalue weighted by Crippen LogP contribution is 2.45. The molecule has 5 atom stereocenters. The van der Waals surface area contributed by atoms with E-state index in [-0.39, 0.29) is 25.7 Å². The third kappa shape index (κ3) is 78.0. The molecule has 0 heterocycles. The van der Waals surface area contributed by atoms with E-state index in [4.69, 9.17) is 37.0 Å². The number of ether oxygens (including phenoxy) is 4. The normalized spacial score (nSPS) is 13.9. The molecule has 103 heavy (non-hydrogen) atoms. The van der Waals surface area contributed by atoms with Crippen LogP contribution < -0.4 is 0 Å². The first kappa shape index (κ1) is 101.